The largest absolute Gasteiger partial charge is 0.384 e. The molecule has 1 aliphatic rings. The van der Waals surface area contributed by atoms with E-state index >= 15 is 0 Å². The molecule has 0 unspecified atom stereocenters. The molecule has 0 saturated carbocycles. The van der Waals surface area contributed by atoms with Crippen LogP contribution in [0.1, 0.15) is 23.8 Å². The van der Waals surface area contributed by atoms with Gasteiger partial charge in [-0.15, -0.1) is 0 Å². The molecule has 5 heteroatoms. The van der Waals surface area contributed by atoms with Crippen LogP contribution in [0.4, 0.5) is 5.82 Å². The number of nitrogens with zero attached hydrogens (tertiary/aromatic N) is 2. The zero-order valence-corrected chi connectivity index (χ0v) is 9.93. The highest BCUT2D eigenvalue weighted by molar-refractivity contribution is 5.92. The summed E-state index contributed by atoms with van der Waals surface area (Å²) < 4.78 is 5.50. The van der Waals surface area contributed by atoms with Crippen molar-refractivity contribution in [2.45, 2.75) is 19.4 Å². The zero-order valence-electron chi connectivity index (χ0n) is 9.93. The number of carbonyl (C=O) groups is 1. The third kappa shape index (κ3) is 2.94. The van der Waals surface area contributed by atoms with E-state index in [-0.39, 0.29) is 12.0 Å². The molecule has 0 radical (unpaired) electrons. The Balaban J connectivity index is 2.13. The van der Waals surface area contributed by atoms with E-state index in [0.717, 1.165) is 6.42 Å². The number of carbonyl (C=O) groups excluding carboxylic acids is 1. The van der Waals surface area contributed by atoms with E-state index in [4.69, 9.17) is 10.5 Å². The summed E-state index contributed by atoms with van der Waals surface area (Å²) in [6, 6.07) is 5.10. The number of anilines is 1. The standard InChI is InChI=1S/C12H17N3O2/c1-9-8-15(6-3-7-17-9)12(16)10-4-2-5-11(13)14-10/h2,4-5,9H,3,6-8H2,1H3,(H2,13,14)/t9-/m1/s1. The second-order valence-corrected chi connectivity index (χ2v) is 4.23. The predicted octanol–water partition coefficient (Wildman–Crippen LogP) is 0.915. The van der Waals surface area contributed by atoms with Gasteiger partial charge in [-0.1, -0.05) is 6.07 Å². The summed E-state index contributed by atoms with van der Waals surface area (Å²) >= 11 is 0. The molecule has 17 heavy (non-hydrogen) atoms. The predicted molar refractivity (Wildman–Crippen MR) is 64.6 cm³/mol. The van der Waals surface area contributed by atoms with Crippen LogP contribution in [-0.4, -0.2) is 41.6 Å². The lowest BCUT2D eigenvalue weighted by atomic mass is 10.2. The van der Waals surface area contributed by atoms with Crippen molar-refractivity contribution in [3.8, 4) is 0 Å². The van der Waals surface area contributed by atoms with Crippen LogP contribution in [-0.2, 0) is 4.74 Å². The highest BCUT2D eigenvalue weighted by atomic mass is 16.5. The summed E-state index contributed by atoms with van der Waals surface area (Å²) in [6.45, 7) is 3.99. The highest BCUT2D eigenvalue weighted by Crippen LogP contribution is 2.10. The molecule has 0 aromatic carbocycles. The van der Waals surface area contributed by atoms with Gasteiger partial charge in [-0.25, -0.2) is 4.98 Å². The van der Waals surface area contributed by atoms with Gasteiger partial charge < -0.3 is 15.4 Å². The van der Waals surface area contributed by atoms with Crippen LogP contribution in [0.2, 0.25) is 0 Å². The van der Waals surface area contributed by atoms with Crippen LogP contribution in [0, 0.1) is 0 Å². The van der Waals surface area contributed by atoms with Crippen LogP contribution < -0.4 is 5.73 Å². The van der Waals surface area contributed by atoms with E-state index in [1.165, 1.54) is 0 Å². The van der Waals surface area contributed by atoms with Gasteiger partial charge in [0, 0.05) is 19.7 Å². The Hall–Kier alpha value is -1.62. The lowest BCUT2D eigenvalue weighted by Gasteiger charge is -2.21. The summed E-state index contributed by atoms with van der Waals surface area (Å²) in [6.07, 6.45) is 0.931. The molecule has 1 aliphatic heterocycles. The van der Waals surface area contributed by atoms with Crippen LogP contribution in [0.5, 0.6) is 0 Å². The molecule has 1 aromatic rings. The van der Waals surface area contributed by atoms with E-state index in [1.54, 1.807) is 23.1 Å². The topological polar surface area (TPSA) is 68.5 Å². The first-order valence-electron chi connectivity index (χ1n) is 5.80. The second-order valence-electron chi connectivity index (χ2n) is 4.23. The number of rotatable bonds is 1. The summed E-state index contributed by atoms with van der Waals surface area (Å²) in [4.78, 5) is 18.0. The molecule has 0 spiro atoms. The molecule has 2 rings (SSSR count). The fraction of sp³-hybridized carbons (Fsp3) is 0.500. The number of hydrogen-bond acceptors (Lipinski definition) is 4. The fourth-order valence-electron chi connectivity index (χ4n) is 1.91. The third-order valence-electron chi connectivity index (χ3n) is 2.73. The molecule has 0 bridgehead atoms. The van der Waals surface area contributed by atoms with Crippen molar-refractivity contribution in [3.63, 3.8) is 0 Å². The summed E-state index contributed by atoms with van der Waals surface area (Å²) in [7, 11) is 0. The molecule has 1 atom stereocenters. The van der Waals surface area contributed by atoms with Crippen molar-refractivity contribution in [3.05, 3.63) is 23.9 Å². The molecule has 2 N–H and O–H groups in total. The van der Waals surface area contributed by atoms with E-state index in [2.05, 4.69) is 4.98 Å². The Labute approximate surface area is 101 Å². The Morgan fingerprint density at radius 3 is 3.18 bits per heavy atom. The monoisotopic (exact) mass is 235 g/mol. The first kappa shape index (κ1) is 11.9. The van der Waals surface area contributed by atoms with Crippen molar-refractivity contribution in [1.29, 1.82) is 0 Å². The number of aromatic nitrogens is 1. The first-order chi connectivity index (χ1) is 8.16. The van der Waals surface area contributed by atoms with Crippen LogP contribution in [0.15, 0.2) is 18.2 Å². The fourth-order valence-corrected chi connectivity index (χ4v) is 1.91. The van der Waals surface area contributed by atoms with Crippen molar-refractivity contribution < 1.29 is 9.53 Å². The lowest BCUT2D eigenvalue weighted by Crippen LogP contribution is -2.36. The Morgan fingerprint density at radius 2 is 2.41 bits per heavy atom. The maximum absolute atomic E-state index is 12.2. The molecular weight excluding hydrogens is 218 g/mol. The van der Waals surface area contributed by atoms with E-state index in [0.29, 0.717) is 31.2 Å². The average molecular weight is 235 g/mol. The number of ether oxygens (including phenoxy) is 1. The third-order valence-corrected chi connectivity index (χ3v) is 2.73. The molecule has 92 valence electrons. The number of amides is 1. The Kier molecular flexibility index (Phi) is 3.58. The SMILES string of the molecule is C[C@@H]1CN(C(=O)c2cccc(N)n2)CCCO1. The number of pyridine rings is 1. The van der Waals surface area contributed by atoms with Gasteiger partial charge in [-0.05, 0) is 25.5 Å². The highest BCUT2D eigenvalue weighted by Gasteiger charge is 2.21. The average Bonchev–Trinajstić information content (AvgIpc) is 2.53. The second kappa shape index (κ2) is 5.14. The minimum atomic E-state index is -0.0744. The van der Waals surface area contributed by atoms with Gasteiger partial charge in [0.15, 0.2) is 0 Å². The van der Waals surface area contributed by atoms with Gasteiger partial charge in [0.2, 0.25) is 0 Å². The van der Waals surface area contributed by atoms with Crippen molar-refractivity contribution in [1.82, 2.24) is 9.88 Å². The first-order valence-corrected chi connectivity index (χ1v) is 5.80. The van der Waals surface area contributed by atoms with Crippen LogP contribution >= 0.6 is 0 Å². The van der Waals surface area contributed by atoms with Crippen LogP contribution in [0.25, 0.3) is 0 Å². The number of nitrogen functional groups attached to an aromatic ring is 1. The minimum absolute atomic E-state index is 0.0718. The van der Waals surface area contributed by atoms with Gasteiger partial charge >= 0.3 is 0 Å². The van der Waals surface area contributed by atoms with Gasteiger partial charge in [0.1, 0.15) is 11.5 Å². The van der Waals surface area contributed by atoms with Crippen molar-refractivity contribution >= 4 is 11.7 Å². The zero-order chi connectivity index (χ0) is 12.3. The molecule has 5 nitrogen and oxygen atoms in total. The van der Waals surface area contributed by atoms with E-state index in [1.807, 2.05) is 6.92 Å². The van der Waals surface area contributed by atoms with Gasteiger partial charge in [-0.3, -0.25) is 4.79 Å². The minimum Gasteiger partial charge on any atom is -0.384 e. The molecule has 1 saturated heterocycles. The molecular formula is C12H17N3O2. The molecule has 1 amide bonds. The van der Waals surface area contributed by atoms with Gasteiger partial charge in [0.05, 0.1) is 6.10 Å². The normalized spacial score (nSPS) is 21.0. The van der Waals surface area contributed by atoms with Gasteiger partial charge in [-0.2, -0.15) is 0 Å². The van der Waals surface area contributed by atoms with Crippen LogP contribution in [0.3, 0.4) is 0 Å². The van der Waals surface area contributed by atoms with Crippen molar-refractivity contribution in [2.75, 3.05) is 25.4 Å². The molecule has 2 heterocycles. The quantitative estimate of drug-likeness (QED) is 0.785. The van der Waals surface area contributed by atoms with Gasteiger partial charge in [0.25, 0.3) is 5.91 Å². The summed E-state index contributed by atoms with van der Waals surface area (Å²) in [5.74, 6) is 0.296. The number of nitrogens with two attached hydrogens (primary N) is 1. The van der Waals surface area contributed by atoms with E-state index in [9.17, 15) is 4.79 Å². The van der Waals surface area contributed by atoms with E-state index < -0.39 is 0 Å². The molecule has 1 fully saturated rings. The smallest absolute Gasteiger partial charge is 0.272 e. The Morgan fingerprint density at radius 1 is 1.59 bits per heavy atom. The molecule has 1 aromatic heterocycles. The maximum Gasteiger partial charge on any atom is 0.272 e. The Bertz CT molecular complexity index is 408. The summed E-state index contributed by atoms with van der Waals surface area (Å²) in [5, 5.41) is 0. The number of hydrogen-bond donors (Lipinski definition) is 1. The summed E-state index contributed by atoms with van der Waals surface area (Å²) in [5.41, 5.74) is 5.98. The molecule has 0 aliphatic carbocycles. The maximum atomic E-state index is 12.2. The lowest BCUT2D eigenvalue weighted by molar-refractivity contribution is 0.0559. The van der Waals surface area contributed by atoms with Crippen molar-refractivity contribution in [2.24, 2.45) is 0 Å².